The largest absolute Gasteiger partial charge is 0.468 e. The van der Waals surface area contributed by atoms with E-state index in [0.29, 0.717) is 11.3 Å². The molecule has 2 rings (SSSR count). The first-order valence-corrected chi connectivity index (χ1v) is 6.35. The summed E-state index contributed by atoms with van der Waals surface area (Å²) in [6.07, 6.45) is 0. The minimum Gasteiger partial charge on any atom is -0.468 e. The van der Waals surface area contributed by atoms with Gasteiger partial charge in [0, 0.05) is 16.8 Å². The van der Waals surface area contributed by atoms with Crippen molar-refractivity contribution in [2.24, 2.45) is 0 Å². The number of hydrogen-bond donors (Lipinski definition) is 1. The third kappa shape index (κ3) is 3.28. The van der Waals surface area contributed by atoms with Crippen molar-refractivity contribution in [3.63, 3.8) is 0 Å². The Morgan fingerprint density at radius 2 is 1.95 bits per heavy atom. The predicted octanol–water partition coefficient (Wildman–Crippen LogP) is 1.91. The van der Waals surface area contributed by atoms with Crippen molar-refractivity contribution in [1.29, 1.82) is 0 Å². The van der Waals surface area contributed by atoms with E-state index in [2.05, 4.69) is 15.0 Å². The summed E-state index contributed by atoms with van der Waals surface area (Å²) in [6, 6.07) is 6.90. The zero-order valence-electron chi connectivity index (χ0n) is 12.1. The normalized spacial score (nSPS) is 10.2. The van der Waals surface area contributed by atoms with Crippen LogP contribution in [0.3, 0.4) is 0 Å². The molecule has 0 saturated carbocycles. The second-order valence-electron chi connectivity index (χ2n) is 4.46. The van der Waals surface area contributed by atoms with Gasteiger partial charge in [0.2, 0.25) is 0 Å². The molecule has 0 amide bonds. The third-order valence-corrected chi connectivity index (χ3v) is 3.01. The van der Waals surface area contributed by atoms with E-state index in [1.165, 1.54) is 14.2 Å². The maximum Gasteiger partial charge on any atom is 0.337 e. The van der Waals surface area contributed by atoms with E-state index in [1.807, 2.05) is 13.0 Å². The van der Waals surface area contributed by atoms with E-state index in [4.69, 9.17) is 4.74 Å². The van der Waals surface area contributed by atoms with Crippen LogP contribution in [0.4, 0.5) is 5.69 Å². The first-order valence-electron chi connectivity index (χ1n) is 6.35. The Kier molecular flexibility index (Phi) is 4.37. The highest BCUT2D eigenvalue weighted by atomic mass is 16.5. The number of benzene rings is 1. The Labute approximate surface area is 122 Å². The minimum atomic E-state index is -0.420. The average molecular weight is 288 g/mol. The van der Waals surface area contributed by atoms with Gasteiger partial charge < -0.3 is 14.8 Å². The summed E-state index contributed by atoms with van der Waals surface area (Å²) in [6.45, 7) is 1.90. The number of carbonyl (C=O) groups excluding carboxylic acids is 2. The van der Waals surface area contributed by atoms with Crippen LogP contribution in [0.2, 0.25) is 0 Å². The van der Waals surface area contributed by atoms with Crippen molar-refractivity contribution in [2.45, 2.75) is 6.92 Å². The molecule has 0 aliphatic carbocycles. The van der Waals surface area contributed by atoms with E-state index in [9.17, 15) is 9.59 Å². The molecule has 21 heavy (non-hydrogen) atoms. The lowest BCUT2D eigenvalue weighted by Crippen LogP contribution is -2.15. The van der Waals surface area contributed by atoms with Crippen molar-refractivity contribution in [1.82, 2.24) is 4.98 Å². The van der Waals surface area contributed by atoms with Gasteiger partial charge in [-0.3, -0.25) is 9.78 Å². The highest BCUT2D eigenvalue weighted by molar-refractivity contribution is 5.99. The van der Waals surface area contributed by atoms with Crippen LogP contribution < -0.4 is 5.32 Å². The molecule has 6 heteroatoms. The summed E-state index contributed by atoms with van der Waals surface area (Å²) in [5, 5.41) is 3.74. The van der Waals surface area contributed by atoms with E-state index in [1.54, 1.807) is 18.2 Å². The van der Waals surface area contributed by atoms with Gasteiger partial charge in [-0.1, -0.05) is 0 Å². The second kappa shape index (κ2) is 6.21. The number of rotatable bonds is 4. The predicted molar refractivity (Wildman–Crippen MR) is 78.3 cm³/mol. The third-order valence-electron chi connectivity index (χ3n) is 3.01. The number of carbonyl (C=O) groups is 2. The lowest BCUT2D eigenvalue weighted by Gasteiger charge is -2.11. The molecule has 0 aliphatic heterocycles. The number of ether oxygens (including phenoxy) is 2. The van der Waals surface area contributed by atoms with Gasteiger partial charge >= 0.3 is 11.9 Å². The summed E-state index contributed by atoms with van der Waals surface area (Å²) in [4.78, 5) is 27.3. The number of hydrogen-bond acceptors (Lipinski definition) is 6. The Hall–Kier alpha value is -2.63. The fourth-order valence-electron chi connectivity index (χ4n) is 1.99. The Morgan fingerprint density at radius 1 is 1.19 bits per heavy atom. The number of aryl methyl sites for hydroxylation is 1. The lowest BCUT2D eigenvalue weighted by molar-refractivity contribution is -0.138. The van der Waals surface area contributed by atoms with Gasteiger partial charge in [-0.05, 0) is 31.2 Å². The number of fused-ring (bicyclic) bond motifs is 1. The molecule has 0 atom stereocenters. The zero-order valence-corrected chi connectivity index (χ0v) is 12.1. The smallest absolute Gasteiger partial charge is 0.337 e. The molecule has 110 valence electrons. The van der Waals surface area contributed by atoms with E-state index < -0.39 is 5.97 Å². The van der Waals surface area contributed by atoms with Crippen LogP contribution in [0, 0.1) is 6.92 Å². The van der Waals surface area contributed by atoms with Gasteiger partial charge in [-0.2, -0.15) is 0 Å². The van der Waals surface area contributed by atoms with Crippen LogP contribution in [-0.4, -0.2) is 37.7 Å². The minimum absolute atomic E-state index is 0.0392. The first kappa shape index (κ1) is 14.8. The second-order valence-corrected chi connectivity index (χ2v) is 4.46. The Balaban J connectivity index is 2.46. The summed E-state index contributed by atoms with van der Waals surface area (Å²) in [5.74, 6) is -0.793. The Bertz CT molecular complexity index is 697. The molecule has 1 aromatic carbocycles. The molecule has 0 unspecified atom stereocenters. The topological polar surface area (TPSA) is 77.5 Å². The highest BCUT2D eigenvalue weighted by Gasteiger charge is 2.11. The number of nitrogens with zero attached hydrogens (tertiary/aromatic N) is 1. The van der Waals surface area contributed by atoms with Crippen LogP contribution >= 0.6 is 0 Å². The highest BCUT2D eigenvalue weighted by Crippen LogP contribution is 2.24. The standard InChI is InChI=1S/C15H16N2O4/c1-9-6-13(16-8-14(18)20-2)11-7-10(15(19)21-3)4-5-12(11)17-9/h4-7H,8H2,1-3H3,(H,16,17). The number of esters is 2. The molecule has 0 saturated heterocycles. The van der Waals surface area contributed by atoms with Gasteiger partial charge in [0.15, 0.2) is 0 Å². The average Bonchev–Trinajstić information content (AvgIpc) is 2.50. The molecule has 1 N–H and O–H groups in total. The van der Waals surface area contributed by atoms with Crippen LogP contribution in [-0.2, 0) is 14.3 Å². The van der Waals surface area contributed by atoms with Gasteiger partial charge in [0.05, 0.1) is 25.3 Å². The van der Waals surface area contributed by atoms with Crippen molar-refractivity contribution in [3.05, 3.63) is 35.5 Å². The molecular weight excluding hydrogens is 272 g/mol. The molecule has 6 nitrogen and oxygen atoms in total. The zero-order chi connectivity index (χ0) is 15.4. The molecule has 1 heterocycles. The van der Waals surface area contributed by atoms with Crippen LogP contribution in [0.25, 0.3) is 10.9 Å². The van der Waals surface area contributed by atoms with Gasteiger partial charge in [-0.15, -0.1) is 0 Å². The summed E-state index contributed by atoms with van der Waals surface area (Å²) in [7, 11) is 2.66. The van der Waals surface area contributed by atoms with Crippen molar-refractivity contribution >= 4 is 28.5 Å². The van der Waals surface area contributed by atoms with Crippen LogP contribution in [0.5, 0.6) is 0 Å². The lowest BCUT2D eigenvalue weighted by atomic mass is 10.1. The van der Waals surface area contributed by atoms with Crippen LogP contribution in [0.15, 0.2) is 24.3 Å². The molecule has 0 radical (unpaired) electrons. The van der Waals surface area contributed by atoms with Crippen molar-refractivity contribution < 1.29 is 19.1 Å². The summed E-state index contributed by atoms with van der Waals surface area (Å²) < 4.78 is 9.31. The molecule has 0 aliphatic rings. The molecule has 1 aromatic heterocycles. The fraction of sp³-hybridized carbons (Fsp3) is 0.267. The number of pyridine rings is 1. The van der Waals surface area contributed by atoms with Gasteiger partial charge in [-0.25, -0.2) is 4.79 Å². The molecule has 0 spiro atoms. The SMILES string of the molecule is COC(=O)CNc1cc(C)nc2ccc(C(=O)OC)cc12. The maximum absolute atomic E-state index is 11.6. The molecule has 2 aromatic rings. The summed E-state index contributed by atoms with van der Waals surface area (Å²) in [5.41, 5.74) is 2.68. The number of methoxy groups -OCH3 is 2. The van der Waals surface area contributed by atoms with Crippen LogP contribution in [0.1, 0.15) is 16.1 Å². The van der Waals surface area contributed by atoms with E-state index in [-0.39, 0.29) is 12.5 Å². The monoisotopic (exact) mass is 288 g/mol. The quantitative estimate of drug-likeness (QED) is 0.866. The van der Waals surface area contributed by atoms with Gasteiger partial charge in [0.1, 0.15) is 6.54 Å². The number of nitrogens with one attached hydrogen (secondary N) is 1. The van der Waals surface area contributed by atoms with E-state index in [0.717, 1.165) is 16.6 Å². The molecular formula is C15H16N2O4. The summed E-state index contributed by atoms with van der Waals surface area (Å²) >= 11 is 0. The Morgan fingerprint density at radius 3 is 2.62 bits per heavy atom. The molecule has 0 bridgehead atoms. The molecule has 0 fully saturated rings. The fourth-order valence-corrected chi connectivity index (χ4v) is 1.99. The number of anilines is 1. The van der Waals surface area contributed by atoms with Crippen molar-refractivity contribution in [3.8, 4) is 0 Å². The first-order chi connectivity index (χ1) is 10.0. The maximum atomic E-state index is 11.6. The van der Waals surface area contributed by atoms with Crippen molar-refractivity contribution in [2.75, 3.05) is 26.1 Å². The number of aromatic nitrogens is 1. The van der Waals surface area contributed by atoms with Gasteiger partial charge in [0.25, 0.3) is 0 Å². The van der Waals surface area contributed by atoms with E-state index >= 15 is 0 Å².